The molecule has 0 aliphatic carbocycles. The van der Waals surface area contributed by atoms with Crippen LogP contribution < -0.4 is 4.72 Å². The molecule has 0 atom stereocenters. The van der Waals surface area contributed by atoms with Crippen LogP contribution in [0.15, 0.2) is 90.0 Å². The highest BCUT2D eigenvalue weighted by atomic mass is 32.2. The van der Waals surface area contributed by atoms with E-state index in [0.717, 1.165) is 6.07 Å². The van der Waals surface area contributed by atoms with Crippen molar-refractivity contribution in [1.82, 2.24) is 9.78 Å². The number of para-hydroxylation sites is 1. The highest BCUT2D eigenvalue weighted by Crippen LogP contribution is 2.34. The highest BCUT2D eigenvalue weighted by molar-refractivity contribution is 7.92. The lowest BCUT2D eigenvalue weighted by Crippen LogP contribution is -2.15. The first kappa shape index (κ1) is 21.6. The smallest absolute Gasteiger partial charge is 0.279 e. The SMILES string of the molecule is O=S(=O)(Nc1ccc(F)c(C(F)(F)F)c1)c1cn(-c2ccccc2)nc1-c1ccccc1. The number of benzene rings is 3. The summed E-state index contributed by atoms with van der Waals surface area (Å²) in [6.45, 7) is 0. The summed E-state index contributed by atoms with van der Waals surface area (Å²) in [6.07, 6.45) is -3.70. The normalized spacial score (nSPS) is 12.0. The van der Waals surface area contributed by atoms with Crippen molar-refractivity contribution in [2.45, 2.75) is 11.1 Å². The Morgan fingerprint density at radius 1 is 0.875 bits per heavy atom. The third-order valence-corrected chi connectivity index (χ3v) is 5.94. The molecule has 0 aliphatic heterocycles. The van der Waals surface area contributed by atoms with E-state index < -0.39 is 33.3 Å². The second-order valence-electron chi connectivity index (χ2n) is 6.79. The Kier molecular flexibility index (Phi) is 5.47. The summed E-state index contributed by atoms with van der Waals surface area (Å²) in [5.41, 5.74) is -0.795. The van der Waals surface area contributed by atoms with Gasteiger partial charge in [0.25, 0.3) is 10.0 Å². The molecule has 1 heterocycles. The van der Waals surface area contributed by atoms with Crippen molar-refractivity contribution in [3.8, 4) is 16.9 Å². The Labute approximate surface area is 181 Å². The first-order chi connectivity index (χ1) is 15.1. The van der Waals surface area contributed by atoms with Gasteiger partial charge >= 0.3 is 6.18 Å². The Bertz CT molecular complexity index is 1350. The predicted octanol–water partition coefficient (Wildman–Crippen LogP) is 5.50. The minimum atomic E-state index is -4.97. The van der Waals surface area contributed by atoms with Gasteiger partial charge in [0.1, 0.15) is 16.4 Å². The number of nitrogens with one attached hydrogen (secondary N) is 1. The average molecular weight is 461 g/mol. The van der Waals surface area contributed by atoms with E-state index in [1.165, 1.54) is 10.9 Å². The molecule has 0 radical (unpaired) electrons. The summed E-state index contributed by atoms with van der Waals surface area (Å²) in [7, 11) is -4.38. The summed E-state index contributed by atoms with van der Waals surface area (Å²) in [5.74, 6) is -1.50. The lowest BCUT2D eigenvalue weighted by molar-refractivity contribution is -0.139. The van der Waals surface area contributed by atoms with Gasteiger partial charge in [-0.1, -0.05) is 48.5 Å². The number of hydrogen-bond acceptors (Lipinski definition) is 3. The number of nitrogens with zero attached hydrogens (tertiary/aromatic N) is 2. The Balaban J connectivity index is 1.81. The van der Waals surface area contributed by atoms with Gasteiger partial charge in [-0.25, -0.2) is 17.5 Å². The Morgan fingerprint density at radius 3 is 2.12 bits per heavy atom. The first-order valence-electron chi connectivity index (χ1n) is 9.25. The molecule has 164 valence electrons. The van der Waals surface area contributed by atoms with Crippen molar-refractivity contribution in [1.29, 1.82) is 0 Å². The van der Waals surface area contributed by atoms with Gasteiger partial charge in [-0.05, 0) is 30.3 Å². The van der Waals surface area contributed by atoms with E-state index in [9.17, 15) is 26.0 Å². The Hall–Kier alpha value is -3.66. The van der Waals surface area contributed by atoms with Crippen molar-refractivity contribution >= 4 is 15.7 Å². The number of aromatic nitrogens is 2. The van der Waals surface area contributed by atoms with E-state index in [0.29, 0.717) is 23.4 Å². The molecule has 1 aromatic heterocycles. The molecule has 3 aromatic carbocycles. The average Bonchev–Trinajstić information content (AvgIpc) is 3.22. The zero-order valence-corrected chi connectivity index (χ0v) is 17.0. The van der Waals surface area contributed by atoms with Gasteiger partial charge < -0.3 is 0 Å². The second kappa shape index (κ2) is 8.12. The summed E-state index contributed by atoms with van der Waals surface area (Å²) in [4.78, 5) is -0.245. The molecule has 0 bridgehead atoms. The molecule has 5 nitrogen and oxygen atoms in total. The molecule has 4 aromatic rings. The first-order valence-corrected chi connectivity index (χ1v) is 10.7. The van der Waals surface area contributed by atoms with E-state index >= 15 is 0 Å². The van der Waals surface area contributed by atoms with Crippen LogP contribution in [0.1, 0.15) is 5.56 Å². The molecule has 0 saturated heterocycles. The van der Waals surface area contributed by atoms with Crippen LogP contribution in [0, 0.1) is 5.82 Å². The lowest BCUT2D eigenvalue weighted by Gasteiger charge is -2.12. The third kappa shape index (κ3) is 4.35. The van der Waals surface area contributed by atoms with Crippen LogP contribution in [-0.4, -0.2) is 18.2 Å². The van der Waals surface area contributed by atoms with Crippen molar-refractivity contribution in [3.63, 3.8) is 0 Å². The lowest BCUT2D eigenvalue weighted by atomic mass is 10.2. The zero-order chi connectivity index (χ0) is 22.9. The molecule has 4 rings (SSSR count). The van der Waals surface area contributed by atoms with Crippen LogP contribution >= 0.6 is 0 Å². The van der Waals surface area contributed by atoms with Crippen molar-refractivity contribution in [3.05, 3.63) is 96.4 Å². The van der Waals surface area contributed by atoms with E-state index in [2.05, 4.69) is 9.82 Å². The van der Waals surface area contributed by atoms with E-state index in [1.807, 2.05) is 0 Å². The fourth-order valence-corrected chi connectivity index (χ4v) is 4.28. The van der Waals surface area contributed by atoms with Crippen molar-refractivity contribution in [2.75, 3.05) is 4.72 Å². The summed E-state index contributed by atoms with van der Waals surface area (Å²) < 4.78 is 82.4. The molecule has 0 saturated carbocycles. The molecular formula is C22H15F4N3O2S. The maximum atomic E-state index is 13.6. The van der Waals surface area contributed by atoms with Crippen LogP contribution in [0.25, 0.3) is 16.9 Å². The highest BCUT2D eigenvalue weighted by Gasteiger charge is 2.35. The molecule has 0 spiro atoms. The van der Waals surface area contributed by atoms with E-state index in [-0.39, 0.29) is 10.6 Å². The van der Waals surface area contributed by atoms with Crippen molar-refractivity contribution in [2.24, 2.45) is 0 Å². The maximum absolute atomic E-state index is 13.6. The number of anilines is 1. The fourth-order valence-electron chi connectivity index (χ4n) is 3.08. The molecular weight excluding hydrogens is 446 g/mol. The van der Waals surface area contributed by atoms with Gasteiger partial charge in [0.2, 0.25) is 0 Å². The number of hydrogen-bond donors (Lipinski definition) is 1. The van der Waals surface area contributed by atoms with Crippen LogP contribution in [0.2, 0.25) is 0 Å². The monoisotopic (exact) mass is 461 g/mol. The topological polar surface area (TPSA) is 64.0 Å². The van der Waals surface area contributed by atoms with E-state index in [1.54, 1.807) is 60.7 Å². The number of halogens is 4. The van der Waals surface area contributed by atoms with Gasteiger partial charge in [0, 0.05) is 11.3 Å². The third-order valence-electron chi connectivity index (χ3n) is 4.56. The molecule has 32 heavy (non-hydrogen) atoms. The van der Waals surface area contributed by atoms with Crippen LogP contribution in [-0.2, 0) is 16.2 Å². The summed E-state index contributed by atoms with van der Waals surface area (Å²) in [5, 5.41) is 4.39. The number of rotatable bonds is 5. The largest absolute Gasteiger partial charge is 0.419 e. The van der Waals surface area contributed by atoms with Gasteiger partial charge in [0.05, 0.1) is 17.4 Å². The van der Waals surface area contributed by atoms with Crippen LogP contribution in [0.3, 0.4) is 0 Å². The molecule has 10 heteroatoms. The molecule has 0 fully saturated rings. The summed E-state index contributed by atoms with van der Waals surface area (Å²) >= 11 is 0. The molecule has 0 aliphatic rings. The van der Waals surface area contributed by atoms with Crippen LogP contribution in [0.4, 0.5) is 23.2 Å². The number of sulfonamides is 1. The zero-order valence-electron chi connectivity index (χ0n) is 16.2. The predicted molar refractivity (Wildman–Crippen MR) is 111 cm³/mol. The molecule has 0 unspecified atom stereocenters. The summed E-state index contributed by atoms with van der Waals surface area (Å²) in [6, 6.07) is 19.1. The quantitative estimate of drug-likeness (QED) is 0.400. The standard InChI is InChI=1S/C22H15F4N3O2S/c23-19-12-11-16(13-18(19)22(24,25)26)28-32(30,31)20-14-29(17-9-5-2-6-10-17)27-21(20)15-7-3-1-4-8-15/h1-14,28H. The van der Waals surface area contributed by atoms with Gasteiger partial charge in [-0.2, -0.15) is 18.3 Å². The molecule has 0 amide bonds. The number of alkyl halides is 3. The molecule has 1 N–H and O–H groups in total. The second-order valence-corrected chi connectivity index (χ2v) is 8.44. The van der Waals surface area contributed by atoms with Gasteiger partial charge in [0.15, 0.2) is 0 Å². The maximum Gasteiger partial charge on any atom is 0.419 e. The Morgan fingerprint density at radius 2 is 1.50 bits per heavy atom. The fraction of sp³-hybridized carbons (Fsp3) is 0.0455. The minimum Gasteiger partial charge on any atom is -0.279 e. The van der Waals surface area contributed by atoms with Crippen LogP contribution in [0.5, 0.6) is 0 Å². The minimum absolute atomic E-state index is 0.111. The van der Waals surface area contributed by atoms with Gasteiger partial charge in [-0.15, -0.1) is 0 Å². The van der Waals surface area contributed by atoms with E-state index in [4.69, 9.17) is 0 Å². The van der Waals surface area contributed by atoms with Crippen molar-refractivity contribution < 1.29 is 26.0 Å². The van der Waals surface area contributed by atoms with Gasteiger partial charge in [-0.3, -0.25) is 4.72 Å².